The molecule has 0 unspecified atom stereocenters. The highest BCUT2D eigenvalue weighted by molar-refractivity contribution is 9.09. The topological polar surface area (TPSA) is 18.5 Å². The number of alkyl halides is 1. The number of hydrogen-bond donors (Lipinski definition) is 0. The second kappa shape index (κ2) is 10.9. The van der Waals surface area contributed by atoms with E-state index in [1.807, 2.05) is 18.2 Å². The molecule has 0 N–H and O–H groups in total. The second-order valence-corrected chi connectivity index (χ2v) is 5.72. The fourth-order valence-corrected chi connectivity index (χ4v) is 2.44. The predicted octanol–water partition coefficient (Wildman–Crippen LogP) is 5.09. The highest BCUT2D eigenvalue weighted by Crippen LogP contribution is 2.24. The van der Waals surface area contributed by atoms with E-state index >= 15 is 0 Å². The molecule has 1 rings (SSSR count). The predicted molar refractivity (Wildman–Crippen MR) is 84.6 cm³/mol. The SMILES string of the molecule is Clc1cccc(Cl)c1COCCOCCCCCBr. The molecule has 0 heterocycles. The van der Waals surface area contributed by atoms with E-state index in [9.17, 15) is 0 Å². The maximum absolute atomic E-state index is 6.04. The quantitative estimate of drug-likeness (QED) is 0.422. The van der Waals surface area contributed by atoms with Crippen LogP contribution in [0.4, 0.5) is 0 Å². The first-order chi connectivity index (χ1) is 9.25. The van der Waals surface area contributed by atoms with Crippen LogP contribution in [0.25, 0.3) is 0 Å². The van der Waals surface area contributed by atoms with Crippen molar-refractivity contribution >= 4 is 39.1 Å². The van der Waals surface area contributed by atoms with E-state index in [-0.39, 0.29) is 0 Å². The lowest BCUT2D eigenvalue weighted by Gasteiger charge is -2.08. The molecule has 0 aliphatic carbocycles. The van der Waals surface area contributed by atoms with Gasteiger partial charge in [0.25, 0.3) is 0 Å². The van der Waals surface area contributed by atoms with Gasteiger partial charge in [-0.15, -0.1) is 0 Å². The summed E-state index contributed by atoms with van der Waals surface area (Å²) in [5.41, 5.74) is 0.836. The van der Waals surface area contributed by atoms with Crippen LogP contribution in [-0.2, 0) is 16.1 Å². The van der Waals surface area contributed by atoms with Crippen molar-refractivity contribution in [2.75, 3.05) is 25.2 Å². The van der Waals surface area contributed by atoms with E-state index in [0.29, 0.717) is 29.9 Å². The average Bonchev–Trinajstić information content (AvgIpc) is 2.40. The molecule has 0 aliphatic heterocycles. The van der Waals surface area contributed by atoms with E-state index in [2.05, 4.69) is 15.9 Å². The molecule has 0 amide bonds. The standard InChI is InChI=1S/C14H19BrCl2O2/c15-7-2-1-3-8-18-9-10-19-11-12-13(16)5-4-6-14(12)17/h4-6H,1-3,7-11H2. The van der Waals surface area contributed by atoms with E-state index in [4.69, 9.17) is 32.7 Å². The molecule has 1 aromatic rings. The van der Waals surface area contributed by atoms with Gasteiger partial charge in [0.05, 0.1) is 19.8 Å². The third-order valence-electron chi connectivity index (χ3n) is 2.60. The van der Waals surface area contributed by atoms with Gasteiger partial charge in [-0.2, -0.15) is 0 Å². The molecule has 1 aromatic carbocycles. The van der Waals surface area contributed by atoms with Gasteiger partial charge in [-0.3, -0.25) is 0 Å². The molecule has 19 heavy (non-hydrogen) atoms. The molecule has 5 heteroatoms. The van der Waals surface area contributed by atoms with Gasteiger partial charge in [0.15, 0.2) is 0 Å². The third-order valence-corrected chi connectivity index (χ3v) is 3.87. The first-order valence-corrected chi connectivity index (χ1v) is 8.27. The smallest absolute Gasteiger partial charge is 0.0747 e. The highest BCUT2D eigenvalue weighted by Gasteiger charge is 2.04. The van der Waals surface area contributed by atoms with Crippen LogP contribution >= 0.6 is 39.1 Å². The maximum atomic E-state index is 6.04. The van der Waals surface area contributed by atoms with E-state index in [1.54, 1.807) is 0 Å². The summed E-state index contributed by atoms with van der Waals surface area (Å²) in [6.45, 7) is 2.38. The fraction of sp³-hybridized carbons (Fsp3) is 0.571. The fourth-order valence-electron chi connectivity index (χ4n) is 1.54. The van der Waals surface area contributed by atoms with E-state index < -0.39 is 0 Å². The molecule has 0 aromatic heterocycles. The van der Waals surface area contributed by atoms with Crippen molar-refractivity contribution in [2.24, 2.45) is 0 Å². The number of hydrogen-bond acceptors (Lipinski definition) is 2. The molecule has 0 atom stereocenters. The third kappa shape index (κ3) is 7.52. The summed E-state index contributed by atoms with van der Waals surface area (Å²) in [7, 11) is 0. The van der Waals surface area contributed by atoms with Crippen LogP contribution in [0.5, 0.6) is 0 Å². The number of halogens is 3. The molecule has 0 fully saturated rings. The molecule has 0 bridgehead atoms. The Labute approximate surface area is 133 Å². The number of ether oxygens (including phenoxy) is 2. The Kier molecular flexibility index (Phi) is 9.92. The lowest BCUT2D eigenvalue weighted by atomic mass is 10.2. The summed E-state index contributed by atoms with van der Waals surface area (Å²) in [6.07, 6.45) is 3.49. The highest BCUT2D eigenvalue weighted by atomic mass is 79.9. The molecule has 0 saturated heterocycles. The summed E-state index contributed by atoms with van der Waals surface area (Å²) in [4.78, 5) is 0. The van der Waals surface area contributed by atoms with Crippen molar-refractivity contribution in [3.8, 4) is 0 Å². The maximum Gasteiger partial charge on any atom is 0.0747 e. The molecule has 0 spiro atoms. The molecule has 0 radical (unpaired) electrons. The van der Waals surface area contributed by atoms with Crippen molar-refractivity contribution in [1.29, 1.82) is 0 Å². The Balaban J connectivity index is 2.05. The van der Waals surface area contributed by atoms with Crippen molar-refractivity contribution in [3.05, 3.63) is 33.8 Å². The molecular weight excluding hydrogens is 351 g/mol. The number of benzene rings is 1. The average molecular weight is 370 g/mol. The van der Waals surface area contributed by atoms with Crippen molar-refractivity contribution < 1.29 is 9.47 Å². The summed E-state index contributed by atoms with van der Waals surface area (Å²) in [5.74, 6) is 0. The minimum Gasteiger partial charge on any atom is -0.379 e. The summed E-state index contributed by atoms with van der Waals surface area (Å²) >= 11 is 15.5. The Bertz CT molecular complexity index is 341. The lowest BCUT2D eigenvalue weighted by Crippen LogP contribution is -2.06. The normalized spacial score (nSPS) is 10.9. The van der Waals surface area contributed by atoms with E-state index in [0.717, 1.165) is 23.9 Å². The van der Waals surface area contributed by atoms with Crippen LogP contribution in [0.2, 0.25) is 10.0 Å². The first-order valence-electron chi connectivity index (χ1n) is 6.40. The second-order valence-electron chi connectivity index (χ2n) is 4.11. The Morgan fingerprint density at radius 1 is 0.895 bits per heavy atom. The molecule has 2 nitrogen and oxygen atoms in total. The van der Waals surface area contributed by atoms with Gasteiger partial charge in [0, 0.05) is 27.5 Å². The molecule has 0 aliphatic rings. The van der Waals surface area contributed by atoms with Gasteiger partial charge in [-0.1, -0.05) is 51.6 Å². The van der Waals surface area contributed by atoms with Crippen molar-refractivity contribution in [3.63, 3.8) is 0 Å². The van der Waals surface area contributed by atoms with Gasteiger partial charge in [0.1, 0.15) is 0 Å². The Morgan fingerprint density at radius 2 is 1.58 bits per heavy atom. The zero-order valence-electron chi connectivity index (χ0n) is 10.8. The zero-order chi connectivity index (χ0) is 13.9. The first kappa shape index (κ1) is 17.3. The van der Waals surface area contributed by atoms with Gasteiger partial charge in [-0.25, -0.2) is 0 Å². The minimum absolute atomic E-state index is 0.422. The van der Waals surface area contributed by atoms with Gasteiger partial charge in [-0.05, 0) is 25.0 Å². The van der Waals surface area contributed by atoms with Crippen molar-refractivity contribution in [2.45, 2.75) is 25.9 Å². The number of rotatable bonds is 10. The largest absolute Gasteiger partial charge is 0.379 e. The summed E-state index contributed by atoms with van der Waals surface area (Å²) in [6, 6.07) is 5.45. The van der Waals surface area contributed by atoms with Crippen molar-refractivity contribution in [1.82, 2.24) is 0 Å². The summed E-state index contributed by atoms with van der Waals surface area (Å²) in [5, 5.41) is 2.35. The molecular formula is C14H19BrCl2O2. The Hall–Kier alpha value is 0.200. The Morgan fingerprint density at radius 3 is 2.26 bits per heavy atom. The van der Waals surface area contributed by atoms with Gasteiger partial charge < -0.3 is 9.47 Å². The van der Waals surface area contributed by atoms with Crippen LogP contribution in [0.1, 0.15) is 24.8 Å². The number of unbranched alkanes of at least 4 members (excludes halogenated alkanes) is 2. The van der Waals surface area contributed by atoms with Crippen LogP contribution in [0.15, 0.2) is 18.2 Å². The van der Waals surface area contributed by atoms with Gasteiger partial charge in [0.2, 0.25) is 0 Å². The molecule has 108 valence electrons. The zero-order valence-corrected chi connectivity index (χ0v) is 13.9. The van der Waals surface area contributed by atoms with Crippen LogP contribution in [0.3, 0.4) is 0 Å². The van der Waals surface area contributed by atoms with Crippen LogP contribution in [0, 0.1) is 0 Å². The summed E-state index contributed by atoms with van der Waals surface area (Å²) < 4.78 is 11.0. The molecule has 0 saturated carbocycles. The monoisotopic (exact) mass is 368 g/mol. The lowest BCUT2D eigenvalue weighted by molar-refractivity contribution is 0.0394. The van der Waals surface area contributed by atoms with Crippen LogP contribution in [-0.4, -0.2) is 25.2 Å². The van der Waals surface area contributed by atoms with Gasteiger partial charge >= 0.3 is 0 Å². The minimum atomic E-state index is 0.422. The van der Waals surface area contributed by atoms with E-state index in [1.165, 1.54) is 12.8 Å². The van der Waals surface area contributed by atoms with Crippen LogP contribution < -0.4 is 0 Å².